The van der Waals surface area contributed by atoms with Gasteiger partial charge < -0.3 is 19.7 Å². The van der Waals surface area contributed by atoms with Crippen molar-refractivity contribution >= 4 is 31.7 Å². The quantitative estimate of drug-likeness (QED) is 0.227. The SMILES string of the molecule is CCC(CC)COC(=O)[C@H](C)N[P@](=O)(OC[C@@]1(COC(C)=O)C/C1=C/n1cc(F)c(N)nc1=O)Oc1ccccc1. The Morgan fingerprint density at radius 1 is 1.22 bits per heavy atom. The van der Waals surface area contributed by atoms with Gasteiger partial charge in [-0.15, -0.1) is 0 Å². The highest BCUT2D eigenvalue weighted by Crippen LogP contribution is 2.56. The number of rotatable bonds is 15. The van der Waals surface area contributed by atoms with E-state index in [4.69, 9.17) is 24.3 Å². The Hall–Kier alpha value is -3.54. The Kier molecular flexibility index (Phi) is 10.8. The number of ether oxygens (including phenoxy) is 2. The molecule has 0 amide bonds. The fourth-order valence-corrected chi connectivity index (χ4v) is 5.42. The van der Waals surface area contributed by atoms with Crippen molar-refractivity contribution < 1.29 is 37.1 Å². The summed E-state index contributed by atoms with van der Waals surface area (Å²) in [5, 5.41) is 2.63. The minimum Gasteiger partial charge on any atom is -0.465 e. The molecule has 3 rings (SSSR count). The van der Waals surface area contributed by atoms with Gasteiger partial charge in [-0.2, -0.15) is 10.1 Å². The van der Waals surface area contributed by atoms with Gasteiger partial charge in [-0.25, -0.2) is 13.8 Å². The number of esters is 2. The monoisotopic (exact) mass is 594 g/mol. The summed E-state index contributed by atoms with van der Waals surface area (Å²) in [5.74, 6) is -2.20. The number of nitrogens with zero attached hydrogens (tertiary/aromatic N) is 2. The van der Waals surface area contributed by atoms with Crippen LogP contribution in [-0.4, -0.2) is 47.4 Å². The molecule has 3 N–H and O–H groups in total. The maximum Gasteiger partial charge on any atom is 0.459 e. The average molecular weight is 595 g/mol. The maximum atomic E-state index is 13.9. The molecule has 14 heteroatoms. The highest BCUT2D eigenvalue weighted by Gasteiger charge is 2.52. The number of carbonyl (C=O) groups is 2. The van der Waals surface area contributed by atoms with Crippen LogP contribution in [0.5, 0.6) is 5.75 Å². The summed E-state index contributed by atoms with van der Waals surface area (Å²) in [4.78, 5) is 39.9. The molecule has 41 heavy (non-hydrogen) atoms. The van der Waals surface area contributed by atoms with Crippen molar-refractivity contribution in [3.63, 3.8) is 0 Å². The molecule has 1 aromatic heterocycles. The minimum absolute atomic E-state index is 0.174. The number of hydrogen-bond donors (Lipinski definition) is 2. The second-order valence-corrected chi connectivity index (χ2v) is 11.6. The zero-order valence-corrected chi connectivity index (χ0v) is 24.4. The molecule has 224 valence electrons. The van der Waals surface area contributed by atoms with E-state index in [0.29, 0.717) is 5.57 Å². The lowest BCUT2D eigenvalue weighted by Gasteiger charge is -2.25. The van der Waals surface area contributed by atoms with Crippen LogP contribution in [0, 0.1) is 17.2 Å². The third-order valence-electron chi connectivity index (χ3n) is 6.67. The molecular weight excluding hydrogens is 558 g/mol. The number of halogens is 1. The van der Waals surface area contributed by atoms with E-state index in [1.807, 2.05) is 13.8 Å². The van der Waals surface area contributed by atoms with Crippen molar-refractivity contribution in [1.82, 2.24) is 14.6 Å². The molecule has 1 aromatic carbocycles. The fraction of sp³-hybridized carbons (Fsp3) is 0.481. The Morgan fingerprint density at radius 3 is 2.54 bits per heavy atom. The molecule has 2 aromatic rings. The van der Waals surface area contributed by atoms with Gasteiger partial charge in [-0.3, -0.25) is 18.7 Å². The molecule has 0 bridgehead atoms. The molecule has 0 saturated heterocycles. The van der Waals surface area contributed by atoms with Gasteiger partial charge in [0.05, 0.1) is 24.8 Å². The molecule has 0 spiro atoms. The molecule has 1 saturated carbocycles. The van der Waals surface area contributed by atoms with Crippen molar-refractivity contribution in [2.75, 3.05) is 25.6 Å². The number of para-hydroxylation sites is 1. The summed E-state index contributed by atoms with van der Waals surface area (Å²) in [7, 11) is -4.23. The number of nitrogens with one attached hydrogen (secondary N) is 1. The Bertz CT molecular complexity index is 1360. The van der Waals surface area contributed by atoms with Gasteiger partial charge in [-0.1, -0.05) is 44.9 Å². The molecule has 0 unspecified atom stereocenters. The summed E-state index contributed by atoms with van der Waals surface area (Å²) in [6.45, 7) is 6.47. The predicted molar refractivity (Wildman–Crippen MR) is 149 cm³/mol. The maximum absolute atomic E-state index is 13.9. The van der Waals surface area contributed by atoms with Crippen molar-refractivity contribution in [3.8, 4) is 5.75 Å². The predicted octanol–water partition coefficient (Wildman–Crippen LogP) is 3.92. The van der Waals surface area contributed by atoms with Crippen LogP contribution >= 0.6 is 7.75 Å². The number of benzene rings is 1. The van der Waals surface area contributed by atoms with Crippen molar-refractivity contribution in [2.24, 2.45) is 11.3 Å². The van der Waals surface area contributed by atoms with Crippen LogP contribution in [0.3, 0.4) is 0 Å². The van der Waals surface area contributed by atoms with E-state index < -0.39 is 48.5 Å². The number of anilines is 1. The second-order valence-electron chi connectivity index (χ2n) is 9.89. The van der Waals surface area contributed by atoms with E-state index in [1.165, 1.54) is 20.0 Å². The molecule has 0 aliphatic heterocycles. The van der Waals surface area contributed by atoms with E-state index in [2.05, 4.69) is 10.1 Å². The van der Waals surface area contributed by atoms with Crippen LogP contribution in [0.2, 0.25) is 0 Å². The number of carbonyl (C=O) groups excluding carboxylic acids is 2. The summed E-state index contributed by atoms with van der Waals surface area (Å²) in [5.41, 5.74) is 4.08. The lowest BCUT2D eigenvalue weighted by molar-refractivity contribution is -0.147. The van der Waals surface area contributed by atoms with E-state index in [9.17, 15) is 23.3 Å². The van der Waals surface area contributed by atoms with E-state index in [0.717, 1.165) is 23.6 Å². The molecular formula is C27H36FN4O8P. The number of nitrogens with two attached hydrogens (primary N) is 1. The zero-order valence-electron chi connectivity index (χ0n) is 23.5. The first-order valence-corrected chi connectivity index (χ1v) is 14.8. The highest BCUT2D eigenvalue weighted by molar-refractivity contribution is 7.52. The first-order chi connectivity index (χ1) is 19.4. The van der Waals surface area contributed by atoms with E-state index in [1.54, 1.807) is 30.3 Å². The van der Waals surface area contributed by atoms with Crippen LogP contribution in [0.4, 0.5) is 10.2 Å². The lowest BCUT2D eigenvalue weighted by Crippen LogP contribution is -2.36. The Labute approximate surface area is 237 Å². The smallest absolute Gasteiger partial charge is 0.459 e. The van der Waals surface area contributed by atoms with Crippen LogP contribution in [-0.2, 0) is 28.2 Å². The van der Waals surface area contributed by atoms with Crippen LogP contribution in [0.15, 0.2) is 46.9 Å². The molecule has 1 aliphatic carbocycles. The first kappa shape index (κ1) is 32.0. The molecule has 1 heterocycles. The van der Waals surface area contributed by atoms with Gasteiger partial charge >= 0.3 is 25.4 Å². The molecule has 3 atom stereocenters. The lowest BCUT2D eigenvalue weighted by atomic mass is 10.1. The number of aromatic nitrogens is 2. The van der Waals surface area contributed by atoms with E-state index in [-0.39, 0.29) is 37.9 Å². The number of nitrogen functional groups attached to an aromatic ring is 1. The normalized spacial score (nSPS) is 19.4. The highest BCUT2D eigenvalue weighted by atomic mass is 31.2. The van der Waals surface area contributed by atoms with Crippen molar-refractivity contribution in [1.29, 1.82) is 0 Å². The van der Waals surface area contributed by atoms with Gasteiger partial charge in [0.25, 0.3) is 0 Å². The van der Waals surface area contributed by atoms with Gasteiger partial charge in [0.1, 0.15) is 18.4 Å². The molecule has 1 fully saturated rings. The topological polar surface area (TPSA) is 161 Å². The molecule has 12 nitrogen and oxygen atoms in total. The third-order valence-corrected chi connectivity index (χ3v) is 8.29. The van der Waals surface area contributed by atoms with Crippen molar-refractivity contribution in [2.45, 2.75) is 53.0 Å². The van der Waals surface area contributed by atoms with Crippen LogP contribution < -0.4 is 21.0 Å². The standard InChI is InChI=1S/C27H36FN4O8P/c1-5-20(6-2)15-37-25(34)18(3)31-41(36,40-22-10-8-7-9-11-22)39-17-27(16-38-19(4)33)12-21(27)13-32-14-23(28)24(29)30-26(32)35/h7-11,13-14,18,20H,5-6,12,15-17H2,1-4H3,(H,31,36)(H2,29,30,35)/b21-13-/t18-,27-,41-/m0/s1. The third kappa shape index (κ3) is 8.97. The first-order valence-electron chi connectivity index (χ1n) is 13.2. The Balaban J connectivity index is 1.82. The number of hydrogen-bond acceptors (Lipinski definition) is 10. The van der Waals surface area contributed by atoms with Crippen LogP contribution in [0.1, 0.15) is 47.0 Å². The zero-order chi connectivity index (χ0) is 30.2. The van der Waals surface area contributed by atoms with Gasteiger partial charge in [-0.05, 0) is 37.0 Å². The molecule has 1 aliphatic rings. The van der Waals surface area contributed by atoms with Gasteiger partial charge in [0.2, 0.25) is 0 Å². The van der Waals surface area contributed by atoms with E-state index >= 15 is 0 Å². The Morgan fingerprint density at radius 2 is 1.90 bits per heavy atom. The average Bonchev–Trinajstić information content (AvgIpc) is 3.62. The largest absolute Gasteiger partial charge is 0.465 e. The fourth-order valence-electron chi connectivity index (χ4n) is 3.85. The van der Waals surface area contributed by atoms with Gasteiger partial charge in [0.15, 0.2) is 11.6 Å². The van der Waals surface area contributed by atoms with Gasteiger partial charge in [0, 0.05) is 13.1 Å². The summed E-state index contributed by atoms with van der Waals surface area (Å²) >= 11 is 0. The van der Waals surface area contributed by atoms with Crippen LogP contribution in [0.25, 0.3) is 6.20 Å². The summed E-state index contributed by atoms with van der Waals surface area (Å²) in [6.07, 6.45) is 4.16. The second kappa shape index (κ2) is 13.9. The minimum atomic E-state index is -4.23. The summed E-state index contributed by atoms with van der Waals surface area (Å²) in [6, 6.07) is 7.18. The molecule has 0 radical (unpaired) electrons. The summed E-state index contributed by atoms with van der Waals surface area (Å²) < 4.78 is 50.9. The van der Waals surface area contributed by atoms with Crippen molar-refractivity contribution in [3.05, 3.63) is 58.4 Å².